The fourth-order valence-electron chi connectivity index (χ4n) is 2.58. The van der Waals surface area contributed by atoms with Crippen LogP contribution in [0.15, 0.2) is 53.5 Å². The normalized spacial score (nSPS) is 19.4. The van der Waals surface area contributed by atoms with E-state index in [0.29, 0.717) is 27.7 Å². The number of ether oxygens (including phenoxy) is 1. The van der Waals surface area contributed by atoms with E-state index in [0.717, 1.165) is 4.90 Å². The first kappa shape index (κ1) is 13.0. The summed E-state index contributed by atoms with van der Waals surface area (Å²) in [4.78, 5) is 30.0. The van der Waals surface area contributed by atoms with Gasteiger partial charge in [0, 0.05) is 10.6 Å². The third kappa shape index (κ3) is 1.83. The van der Waals surface area contributed by atoms with Crippen molar-refractivity contribution in [3.8, 4) is 5.75 Å². The topological polar surface area (TPSA) is 59.0 Å². The molecule has 0 saturated carbocycles. The number of hydrogen-bond donors (Lipinski definition) is 0. The predicted molar refractivity (Wildman–Crippen MR) is 81.7 cm³/mol. The Kier molecular flexibility index (Phi) is 2.77. The molecular formula is C16H9ClN2O3. The molecule has 0 bridgehead atoms. The van der Waals surface area contributed by atoms with Crippen LogP contribution in [0.4, 0.5) is 10.5 Å². The minimum Gasteiger partial charge on any atom is -0.473 e. The van der Waals surface area contributed by atoms with Crippen molar-refractivity contribution < 1.29 is 14.3 Å². The minimum atomic E-state index is -0.884. The van der Waals surface area contributed by atoms with Crippen molar-refractivity contribution in [2.45, 2.75) is 6.10 Å². The van der Waals surface area contributed by atoms with Gasteiger partial charge in [0.05, 0.1) is 5.69 Å². The Morgan fingerprint density at radius 1 is 1.05 bits per heavy atom. The number of para-hydroxylation sites is 1. The first-order valence-corrected chi connectivity index (χ1v) is 7.01. The standard InChI is InChI=1S/C16H9ClN2O3/c17-9-5-7-10(8-6-9)19-15(20)14-13(18-16(19)21)11-3-1-2-4-12(11)22-14/h1-8,14H. The van der Waals surface area contributed by atoms with E-state index < -0.39 is 18.0 Å². The molecule has 6 heteroatoms. The molecule has 108 valence electrons. The monoisotopic (exact) mass is 312 g/mol. The number of amides is 3. The second-order valence-corrected chi connectivity index (χ2v) is 5.36. The number of hydrogen-bond acceptors (Lipinski definition) is 3. The van der Waals surface area contributed by atoms with Crippen LogP contribution in [0.2, 0.25) is 5.02 Å². The maximum absolute atomic E-state index is 12.6. The van der Waals surface area contributed by atoms with Gasteiger partial charge in [0.25, 0.3) is 5.91 Å². The molecule has 0 aliphatic carbocycles. The molecule has 2 aliphatic heterocycles. The van der Waals surface area contributed by atoms with Gasteiger partial charge in [-0.15, -0.1) is 0 Å². The Labute approximate surface area is 130 Å². The maximum atomic E-state index is 12.6. The smallest absolute Gasteiger partial charge is 0.355 e. The van der Waals surface area contributed by atoms with Crippen molar-refractivity contribution >= 4 is 34.9 Å². The molecule has 2 heterocycles. The second kappa shape index (κ2) is 4.68. The van der Waals surface area contributed by atoms with E-state index in [1.165, 1.54) is 0 Å². The second-order valence-electron chi connectivity index (χ2n) is 4.92. The molecule has 2 aromatic rings. The van der Waals surface area contributed by atoms with Gasteiger partial charge in [-0.2, -0.15) is 4.99 Å². The third-order valence-electron chi connectivity index (χ3n) is 3.59. The maximum Gasteiger partial charge on any atom is 0.355 e. The number of rotatable bonds is 1. The van der Waals surface area contributed by atoms with E-state index in [-0.39, 0.29) is 0 Å². The van der Waals surface area contributed by atoms with Crippen LogP contribution < -0.4 is 9.64 Å². The Morgan fingerprint density at radius 3 is 2.55 bits per heavy atom. The highest BCUT2D eigenvalue weighted by Gasteiger charge is 2.45. The largest absolute Gasteiger partial charge is 0.473 e. The summed E-state index contributed by atoms with van der Waals surface area (Å²) in [5.41, 5.74) is 1.47. The molecule has 22 heavy (non-hydrogen) atoms. The van der Waals surface area contributed by atoms with Gasteiger partial charge in [-0.05, 0) is 36.4 Å². The van der Waals surface area contributed by atoms with Crippen LogP contribution in [0.5, 0.6) is 5.75 Å². The number of halogens is 1. The Morgan fingerprint density at radius 2 is 1.77 bits per heavy atom. The molecular weight excluding hydrogens is 304 g/mol. The molecule has 5 nitrogen and oxygen atoms in total. The van der Waals surface area contributed by atoms with Crippen LogP contribution in [0.1, 0.15) is 5.56 Å². The summed E-state index contributed by atoms with van der Waals surface area (Å²) < 4.78 is 5.65. The molecule has 0 spiro atoms. The van der Waals surface area contributed by atoms with Crippen molar-refractivity contribution in [1.82, 2.24) is 0 Å². The van der Waals surface area contributed by atoms with E-state index in [9.17, 15) is 9.59 Å². The number of imide groups is 1. The summed E-state index contributed by atoms with van der Waals surface area (Å²) in [7, 11) is 0. The zero-order valence-electron chi connectivity index (χ0n) is 11.2. The summed E-state index contributed by atoms with van der Waals surface area (Å²) in [6.45, 7) is 0. The fourth-order valence-corrected chi connectivity index (χ4v) is 2.71. The number of aliphatic imine (C=N–C) groups is 1. The first-order chi connectivity index (χ1) is 10.6. The van der Waals surface area contributed by atoms with Crippen molar-refractivity contribution in [2.75, 3.05) is 4.90 Å². The van der Waals surface area contributed by atoms with Gasteiger partial charge < -0.3 is 4.74 Å². The summed E-state index contributed by atoms with van der Waals surface area (Å²) >= 11 is 5.83. The molecule has 0 fully saturated rings. The zero-order chi connectivity index (χ0) is 15.3. The number of urea groups is 1. The predicted octanol–water partition coefficient (Wildman–Crippen LogP) is 3.06. The molecule has 3 amide bonds. The van der Waals surface area contributed by atoms with Crippen LogP contribution in [0.25, 0.3) is 0 Å². The van der Waals surface area contributed by atoms with Gasteiger partial charge >= 0.3 is 6.03 Å². The number of fused-ring (bicyclic) bond motifs is 3. The lowest BCUT2D eigenvalue weighted by atomic mass is 10.0. The average Bonchev–Trinajstić information content (AvgIpc) is 2.88. The summed E-state index contributed by atoms with van der Waals surface area (Å²) in [5, 5.41) is 0.523. The number of benzene rings is 2. The Bertz CT molecular complexity index is 830. The van der Waals surface area contributed by atoms with Crippen molar-refractivity contribution in [2.24, 2.45) is 4.99 Å². The molecule has 1 unspecified atom stereocenters. The van der Waals surface area contributed by atoms with E-state index in [1.807, 2.05) is 6.07 Å². The average molecular weight is 313 g/mol. The van der Waals surface area contributed by atoms with E-state index in [4.69, 9.17) is 16.3 Å². The van der Waals surface area contributed by atoms with Gasteiger partial charge in [0.15, 0.2) is 0 Å². The van der Waals surface area contributed by atoms with Crippen LogP contribution in [-0.4, -0.2) is 23.8 Å². The van der Waals surface area contributed by atoms with Gasteiger partial charge in [0.2, 0.25) is 6.10 Å². The molecule has 2 aromatic carbocycles. The number of carbonyl (C=O) groups is 2. The highest BCUT2D eigenvalue weighted by atomic mass is 35.5. The number of nitrogens with zero attached hydrogens (tertiary/aromatic N) is 2. The van der Waals surface area contributed by atoms with Crippen molar-refractivity contribution in [3.63, 3.8) is 0 Å². The van der Waals surface area contributed by atoms with E-state index in [1.54, 1.807) is 42.5 Å². The fraction of sp³-hybridized carbons (Fsp3) is 0.0625. The Balaban J connectivity index is 1.78. The number of carbonyl (C=O) groups excluding carboxylic acids is 2. The minimum absolute atomic E-state index is 0.371. The van der Waals surface area contributed by atoms with Crippen LogP contribution in [-0.2, 0) is 4.79 Å². The van der Waals surface area contributed by atoms with Crippen LogP contribution in [0, 0.1) is 0 Å². The molecule has 0 aromatic heterocycles. The molecule has 2 aliphatic rings. The number of anilines is 1. The highest BCUT2D eigenvalue weighted by molar-refractivity contribution is 6.34. The van der Waals surface area contributed by atoms with E-state index in [2.05, 4.69) is 4.99 Å². The quantitative estimate of drug-likeness (QED) is 0.813. The molecule has 4 rings (SSSR count). The molecule has 0 saturated heterocycles. The van der Waals surface area contributed by atoms with Crippen molar-refractivity contribution in [3.05, 3.63) is 59.1 Å². The zero-order valence-corrected chi connectivity index (χ0v) is 11.9. The third-order valence-corrected chi connectivity index (χ3v) is 3.85. The molecule has 1 atom stereocenters. The Hall–Kier alpha value is -2.66. The van der Waals surface area contributed by atoms with Crippen LogP contribution >= 0.6 is 11.6 Å². The summed E-state index contributed by atoms with van der Waals surface area (Å²) in [6, 6.07) is 12.9. The van der Waals surface area contributed by atoms with Gasteiger partial charge in [-0.1, -0.05) is 23.7 Å². The van der Waals surface area contributed by atoms with E-state index >= 15 is 0 Å². The molecule has 0 N–H and O–H groups in total. The van der Waals surface area contributed by atoms with Gasteiger partial charge in [-0.25, -0.2) is 9.69 Å². The lowest BCUT2D eigenvalue weighted by Gasteiger charge is -2.25. The van der Waals surface area contributed by atoms with Gasteiger partial charge in [-0.3, -0.25) is 4.79 Å². The lowest BCUT2D eigenvalue weighted by molar-refractivity contribution is -0.121. The van der Waals surface area contributed by atoms with Crippen molar-refractivity contribution in [1.29, 1.82) is 0 Å². The lowest BCUT2D eigenvalue weighted by Crippen LogP contribution is -2.50. The first-order valence-electron chi connectivity index (χ1n) is 6.63. The summed E-state index contributed by atoms with van der Waals surface area (Å²) in [5.74, 6) is 0.110. The molecule has 0 radical (unpaired) electrons. The van der Waals surface area contributed by atoms with Crippen LogP contribution in [0.3, 0.4) is 0 Å². The van der Waals surface area contributed by atoms with Gasteiger partial charge in [0.1, 0.15) is 11.5 Å². The summed E-state index contributed by atoms with van der Waals surface area (Å²) in [6.07, 6.45) is -0.884. The SMILES string of the molecule is O=C1N=C2c3ccccc3OC2C(=O)N1c1ccc(Cl)cc1. The highest BCUT2D eigenvalue weighted by Crippen LogP contribution is 2.33.